The van der Waals surface area contributed by atoms with Crippen LogP contribution in [0.1, 0.15) is 33.1 Å². The maximum atomic E-state index is 11.0. The third kappa shape index (κ3) is 3.62. The summed E-state index contributed by atoms with van der Waals surface area (Å²) < 4.78 is 0. The molecule has 14 heavy (non-hydrogen) atoms. The molecule has 1 atom stereocenters. The molecule has 1 aliphatic carbocycles. The largest absolute Gasteiger partial charge is 0.304 e. The van der Waals surface area contributed by atoms with Crippen LogP contribution >= 0.6 is 0 Å². The number of nitrogens with zero attached hydrogens (tertiary/aromatic N) is 1. The summed E-state index contributed by atoms with van der Waals surface area (Å²) in [6.07, 6.45) is 6.85. The van der Waals surface area contributed by atoms with Crippen LogP contribution < -0.4 is 0 Å². The van der Waals surface area contributed by atoms with Gasteiger partial charge in [-0.1, -0.05) is 19.9 Å². The Hall–Kier alpha value is -0.630. The molecular formula is C12H21NO. The van der Waals surface area contributed by atoms with Crippen LogP contribution in [0.2, 0.25) is 0 Å². The van der Waals surface area contributed by atoms with E-state index >= 15 is 0 Å². The molecule has 0 spiro atoms. The summed E-state index contributed by atoms with van der Waals surface area (Å²) in [7, 11) is 0. The molecule has 1 aliphatic rings. The Kier molecular flexibility index (Phi) is 4.88. The minimum Gasteiger partial charge on any atom is -0.304 e. The van der Waals surface area contributed by atoms with Crippen molar-refractivity contribution in [1.29, 1.82) is 0 Å². The van der Waals surface area contributed by atoms with Crippen LogP contribution in [-0.4, -0.2) is 30.3 Å². The maximum absolute atomic E-state index is 11.0. The van der Waals surface area contributed by atoms with Crippen LogP contribution in [0.4, 0.5) is 0 Å². The van der Waals surface area contributed by atoms with Crippen molar-refractivity contribution < 1.29 is 4.79 Å². The van der Waals surface area contributed by atoms with Crippen molar-refractivity contribution in [1.82, 2.24) is 4.90 Å². The second-order valence-corrected chi connectivity index (χ2v) is 3.94. The van der Waals surface area contributed by atoms with Crippen molar-refractivity contribution >= 4 is 5.78 Å². The van der Waals surface area contributed by atoms with E-state index in [4.69, 9.17) is 0 Å². The van der Waals surface area contributed by atoms with Crippen molar-refractivity contribution in [2.45, 2.75) is 33.1 Å². The molecule has 0 aliphatic heterocycles. The van der Waals surface area contributed by atoms with Crippen molar-refractivity contribution in [2.24, 2.45) is 5.92 Å². The molecule has 0 amide bonds. The van der Waals surface area contributed by atoms with Crippen LogP contribution in [0.15, 0.2) is 12.2 Å². The van der Waals surface area contributed by atoms with Crippen molar-refractivity contribution in [3.05, 3.63) is 12.2 Å². The average molecular weight is 195 g/mol. The number of hydrogen-bond acceptors (Lipinski definition) is 2. The lowest BCUT2D eigenvalue weighted by molar-refractivity contribution is -0.115. The normalized spacial score (nSPS) is 21.9. The topological polar surface area (TPSA) is 20.3 Å². The van der Waals surface area contributed by atoms with Gasteiger partial charge >= 0.3 is 0 Å². The van der Waals surface area contributed by atoms with Crippen LogP contribution in [0.25, 0.3) is 0 Å². The van der Waals surface area contributed by atoms with Gasteiger partial charge in [-0.2, -0.15) is 0 Å². The molecule has 0 aromatic carbocycles. The Morgan fingerprint density at radius 2 is 2.14 bits per heavy atom. The Bertz CT molecular complexity index is 206. The third-order valence-corrected chi connectivity index (χ3v) is 3.03. The summed E-state index contributed by atoms with van der Waals surface area (Å²) in [6.45, 7) is 7.82. The SMILES string of the molecule is CCN(CC)CCC1C=CC(=O)CC1. The highest BCUT2D eigenvalue weighted by Crippen LogP contribution is 2.18. The number of allylic oxidation sites excluding steroid dienone is 2. The highest BCUT2D eigenvalue weighted by atomic mass is 16.1. The van der Waals surface area contributed by atoms with Crippen LogP contribution in [0.5, 0.6) is 0 Å². The summed E-state index contributed by atoms with van der Waals surface area (Å²) in [5, 5.41) is 0. The first-order valence-corrected chi connectivity index (χ1v) is 5.69. The average Bonchev–Trinajstić information content (AvgIpc) is 2.22. The second-order valence-electron chi connectivity index (χ2n) is 3.94. The Morgan fingerprint density at radius 3 is 2.64 bits per heavy atom. The zero-order valence-electron chi connectivity index (χ0n) is 9.33. The van der Waals surface area contributed by atoms with Crippen LogP contribution in [-0.2, 0) is 4.79 Å². The molecule has 2 nitrogen and oxygen atoms in total. The standard InChI is InChI=1S/C12H21NO/c1-3-13(4-2)10-9-11-5-7-12(14)8-6-11/h5,7,11H,3-4,6,8-10H2,1-2H3. The fourth-order valence-electron chi connectivity index (χ4n) is 1.88. The molecule has 2 heteroatoms. The van der Waals surface area contributed by atoms with Gasteiger partial charge in [-0.3, -0.25) is 4.79 Å². The predicted molar refractivity (Wildman–Crippen MR) is 59.3 cm³/mol. The molecule has 80 valence electrons. The molecule has 0 heterocycles. The van der Waals surface area contributed by atoms with Crippen molar-refractivity contribution in [2.75, 3.05) is 19.6 Å². The van der Waals surface area contributed by atoms with E-state index in [0.717, 1.165) is 32.5 Å². The summed E-state index contributed by atoms with van der Waals surface area (Å²) in [6, 6.07) is 0. The minimum atomic E-state index is 0.295. The Labute approximate surface area is 87.0 Å². The Morgan fingerprint density at radius 1 is 1.43 bits per heavy atom. The number of hydrogen-bond donors (Lipinski definition) is 0. The molecule has 0 radical (unpaired) electrons. The molecule has 0 saturated heterocycles. The first kappa shape index (κ1) is 11.4. The lowest BCUT2D eigenvalue weighted by atomic mass is 9.92. The van der Waals surface area contributed by atoms with Crippen LogP contribution in [0.3, 0.4) is 0 Å². The fraction of sp³-hybridized carbons (Fsp3) is 0.750. The zero-order valence-corrected chi connectivity index (χ0v) is 9.33. The van der Waals surface area contributed by atoms with Crippen molar-refractivity contribution in [3.63, 3.8) is 0 Å². The second kappa shape index (κ2) is 5.97. The number of ketones is 1. The summed E-state index contributed by atoms with van der Waals surface area (Å²) >= 11 is 0. The summed E-state index contributed by atoms with van der Waals surface area (Å²) in [5.41, 5.74) is 0. The quantitative estimate of drug-likeness (QED) is 0.670. The van der Waals surface area contributed by atoms with Gasteiger partial charge in [0.2, 0.25) is 0 Å². The molecule has 0 N–H and O–H groups in total. The summed E-state index contributed by atoms with van der Waals surface area (Å²) in [4.78, 5) is 13.4. The number of carbonyl (C=O) groups is 1. The van der Waals surface area contributed by atoms with Gasteiger partial charge in [0.25, 0.3) is 0 Å². The smallest absolute Gasteiger partial charge is 0.155 e. The fourth-order valence-corrected chi connectivity index (χ4v) is 1.88. The molecule has 0 aromatic heterocycles. The van der Waals surface area contributed by atoms with Gasteiger partial charge < -0.3 is 4.90 Å². The highest BCUT2D eigenvalue weighted by molar-refractivity contribution is 5.90. The van der Waals surface area contributed by atoms with Gasteiger partial charge in [0.15, 0.2) is 5.78 Å². The van der Waals surface area contributed by atoms with E-state index in [9.17, 15) is 4.79 Å². The van der Waals surface area contributed by atoms with E-state index in [-0.39, 0.29) is 0 Å². The maximum Gasteiger partial charge on any atom is 0.155 e. The summed E-state index contributed by atoms with van der Waals surface area (Å²) in [5.74, 6) is 0.928. The monoisotopic (exact) mass is 195 g/mol. The molecule has 1 unspecified atom stereocenters. The van der Waals surface area contributed by atoms with Gasteiger partial charge in [0.1, 0.15) is 0 Å². The molecule has 1 rings (SSSR count). The number of carbonyl (C=O) groups excluding carboxylic acids is 1. The molecule has 0 saturated carbocycles. The van der Waals surface area contributed by atoms with Crippen LogP contribution in [0, 0.1) is 5.92 Å². The van der Waals surface area contributed by atoms with E-state index in [1.54, 1.807) is 6.08 Å². The van der Waals surface area contributed by atoms with E-state index in [2.05, 4.69) is 24.8 Å². The Balaban J connectivity index is 2.24. The van der Waals surface area contributed by atoms with E-state index in [0.29, 0.717) is 11.7 Å². The van der Waals surface area contributed by atoms with E-state index in [1.807, 2.05) is 0 Å². The first-order chi connectivity index (χ1) is 6.76. The van der Waals surface area contributed by atoms with Gasteiger partial charge in [-0.25, -0.2) is 0 Å². The molecule has 0 bridgehead atoms. The van der Waals surface area contributed by atoms with Gasteiger partial charge in [-0.15, -0.1) is 0 Å². The van der Waals surface area contributed by atoms with Crippen molar-refractivity contribution in [3.8, 4) is 0 Å². The zero-order chi connectivity index (χ0) is 10.4. The van der Waals surface area contributed by atoms with Gasteiger partial charge in [-0.05, 0) is 44.5 Å². The third-order valence-electron chi connectivity index (χ3n) is 3.03. The predicted octanol–water partition coefficient (Wildman–Crippen LogP) is 2.25. The van der Waals surface area contributed by atoms with Gasteiger partial charge in [0.05, 0.1) is 0 Å². The number of rotatable bonds is 5. The lowest BCUT2D eigenvalue weighted by Crippen LogP contribution is -2.26. The minimum absolute atomic E-state index is 0.295. The lowest BCUT2D eigenvalue weighted by Gasteiger charge is -2.22. The van der Waals surface area contributed by atoms with Gasteiger partial charge in [0, 0.05) is 6.42 Å². The van der Waals surface area contributed by atoms with E-state index < -0.39 is 0 Å². The molecule has 0 fully saturated rings. The molecular weight excluding hydrogens is 174 g/mol. The van der Waals surface area contributed by atoms with E-state index in [1.165, 1.54) is 6.42 Å². The first-order valence-electron chi connectivity index (χ1n) is 5.69. The molecule has 0 aromatic rings. The highest BCUT2D eigenvalue weighted by Gasteiger charge is 2.13.